The van der Waals surface area contributed by atoms with Crippen molar-refractivity contribution < 1.29 is 9.59 Å². The number of hydrogen-bond acceptors (Lipinski definition) is 6. The van der Waals surface area contributed by atoms with E-state index in [0.717, 1.165) is 24.1 Å². The molecule has 0 saturated heterocycles. The third kappa shape index (κ3) is 3.14. The Morgan fingerprint density at radius 3 is 3.00 bits per heavy atom. The minimum absolute atomic E-state index is 0.00332. The molecule has 0 aliphatic heterocycles. The van der Waals surface area contributed by atoms with Crippen LogP contribution in [0, 0.1) is 0 Å². The van der Waals surface area contributed by atoms with E-state index in [4.69, 9.17) is 0 Å². The van der Waals surface area contributed by atoms with E-state index in [1.807, 2.05) is 29.4 Å². The molecule has 0 spiro atoms. The molecule has 6 nitrogen and oxygen atoms in total. The van der Waals surface area contributed by atoms with Crippen LogP contribution in [0.25, 0.3) is 11.3 Å². The van der Waals surface area contributed by atoms with Gasteiger partial charge in [0.05, 0.1) is 16.8 Å². The zero-order valence-corrected chi connectivity index (χ0v) is 15.2. The number of ketones is 1. The Kier molecular flexibility index (Phi) is 4.22. The van der Waals surface area contributed by atoms with Crippen LogP contribution in [0.1, 0.15) is 33.1 Å². The molecular weight excluding hydrogens is 356 g/mol. The molecule has 4 rings (SSSR count). The SMILES string of the molecule is Cn1ncc2c1CCc1sc(NC(=O)CCC(=O)c3cccs3)nc1-2. The molecule has 1 aliphatic rings. The summed E-state index contributed by atoms with van der Waals surface area (Å²) in [4.78, 5) is 30.5. The van der Waals surface area contributed by atoms with Crippen LogP contribution in [-0.2, 0) is 24.7 Å². The Balaban J connectivity index is 1.41. The molecule has 0 fully saturated rings. The highest BCUT2D eigenvalue weighted by atomic mass is 32.1. The molecule has 0 aromatic carbocycles. The highest BCUT2D eigenvalue weighted by Gasteiger charge is 2.24. The monoisotopic (exact) mass is 372 g/mol. The van der Waals surface area contributed by atoms with Gasteiger partial charge in [0.25, 0.3) is 0 Å². The molecule has 3 heterocycles. The first-order valence-electron chi connectivity index (χ1n) is 7.99. The van der Waals surface area contributed by atoms with Gasteiger partial charge in [-0.15, -0.1) is 22.7 Å². The molecule has 128 valence electrons. The Hall–Kier alpha value is -2.32. The van der Waals surface area contributed by atoms with E-state index < -0.39 is 0 Å². The van der Waals surface area contributed by atoms with E-state index in [2.05, 4.69) is 15.4 Å². The van der Waals surface area contributed by atoms with Crippen LogP contribution < -0.4 is 5.32 Å². The lowest BCUT2D eigenvalue weighted by atomic mass is 10.0. The summed E-state index contributed by atoms with van der Waals surface area (Å²) in [5.41, 5.74) is 3.15. The van der Waals surface area contributed by atoms with Gasteiger partial charge in [0, 0.05) is 36.0 Å². The Morgan fingerprint density at radius 1 is 1.32 bits per heavy atom. The lowest BCUT2D eigenvalue weighted by Crippen LogP contribution is -2.13. The smallest absolute Gasteiger partial charge is 0.226 e. The standard InChI is InChI=1S/C17H16N4O2S2/c1-21-11-4-6-14-16(10(11)9-18-21)20-17(25-14)19-15(23)7-5-12(22)13-3-2-8-24-13/h2-3,8-9H,4-7H2,1H3,(H,19,20,23). The fourth-order valence-electron chi connectivity index (χ4n) is 2.94. The number of Topliss-reactive ketones (excluding diaryl/α,β-unsaturated/α-hetero) is 1. The van der Waals surface area contributed by atoms with Crippen LogP contribution in [-0.4, -0.2) is 26.5 Å². The third-order valence-electron chi connectivity index (χ3n) is 4.22. The largest absolute Gasteiger partial charge is 0.302 e. The van der Waals surface area contributed by atoms with Gasteiger partial charge in [-0.3, -0.25) is 14.3 Å². The summed E-state index contributed by atoms with van der Waals surface area (Å²) in [6.45, 7) is 0. The number of thiophene rings is 1. The van der Waals surface area contributed by atoms with Gasteiger partial charge in [-0.2, -0.15) is 5.10 Å². The van der Waals surface area contributed by atoms with Crippen LogP contribution >= 0.6 is 22.7 Å². The zero-order chi connectivity index (χ0) is 17.4. The van der Waals surface area contributed by atoms with Crippen molar-refractivity contribution in [1.82, 2.24) is 14.8 Å². The van der Waals surface area contributed by atoms with Crippen LogP contribution in [0.3, 0.4) is 0 Å². The summed E-state index contributed by atoms with van der Waals surface area (Å²) in [6, 6.07) is 3.62. The molecule has 1 amide bonds. The number of nitrogens with zero attached hydrogens (tertiary/aromatic N) is 3. The van der Waals surface area contributed by atoms with Crippen LogP contribution in [0.5, 0.6) is 0 Å². The van der Waals surface area contributed by atoms with Crippen molar-refractivity contribution in [1.29, 1.82) is 0 Å². The number of fused-ring (bicyclic) bond motifs is 3. The second-order valence-corrected chi connectivity index (χ2v) is 7.90. The fourth-order valence-corrected chi connectivity index (χ4v) is 4.63. The van der Waals surface area contributed by atoms with Crippen molar-refractivity contribution in [2.45, 2.75) is 25.7 Å². The van der Waals surface area contributed by atoms with Crippen molar-refractivity contribution in [3.63, 3.8) is 0 Å². The summed E-state index contributed by atoms with van der Waals surface area (Å²) in [6.07, 6.45) is 4.05. The van der Waals surface area contributed by atoms with Crippen LogP contribution in [0.4, 0.5) is 5.13 Å². The molecule has 3 aromatic rings. The molecule has 0 atom stereocenters. The summed E-state index contributed by atoms with van der Waals surface area (Å²) in [5.74, 6) is -0.175. The molecule has 0 saturated carbocycles. The number of carbonyl (C=O) groups is 2. The molecule has 25 heavy (non-hydrogen) atoms. The zero-order valence-electron chi connectivity index (χ0n) is 13.6. The average Bonchev–Trinajstić information content (AvgIpc) is 3.31. The number of aryl methyl sites for hydroxylation is 2. The van der Waals surface area contributed by atoms with Gasteiger partial charge in [0.2, 0.25) is 5.91 Å². The van der Waals surface area contributed by atoms with Gasteiger partial charge < -0.3 is 5.32 Å². The minimum Gasteiger partial charge on any atom is -0.302 e. The second-order valence-electron chi connectivity index (χ2n) is 5.87. The van der Waals surface area contributed by atoms with Crippen molar-refractivity contribution >= 4 is 39.5 Å². The Bertz CT molecular complexity index is 940. The summed E-state index contributed by atoms with van der Waals surface area (Å²) in [5, 5.41) is 9.58. The summed E-state index contributed by atoms with van der Waals surface area (Å²) >= 11 is 2.91. The van der Waals surface area contributed by atoms with Crippen molar-refractivity contribution in [2.24, 2.45) is 7.05 Å². The Morgan fingerprint density at radius 2 is 2.20 bits per heavy atom. The van der Waals surface area contributed by atoms with Gasteiger partial charge >= 0.3 is 0 Å². The molecule has 8 heteroatoms. The van der Waals surface area contributed by atoms with Gasteiger partial charge in [-0.25, -0.2) is 4.98 Å². The van der Waals surface area contributed by atoms with Crippen molar-refractivity contribution in [3.8, 4) is 11.3 Å². The highest BCUT2D eigenvalue weighted by Crippen LogP contribution is 2.37. The molecule has 0 bridgehead atoms. The number of amides is 1. The van der Waals surface area contributed by atoms with Crippen molar-refractivity contribution in [2.75, 3.05) is 5.32 Å². The van der Waals surface area contributed by atoms with E-state index in [0.29, 0.717) is 10.0 Å². The average molecular weight is 372 g/mol. The first kappa shape index (κ1) is 16.2. The van der Waals surface area contributed by atoms with E-state index in [1.54, 1.807) is 6.07 Å². The van der Waals surface area contributed by atoms with Crippen LogP contribution in [0.2, 0.25) is 0 Å². The van der Waals surface area contributed by atoms with Gasteiger partial charge in [-0.05, 0) is 24.3 Å². The topological polar surface area (TPSA) is 76.9 Å². The predicted molar refractivity (Wildman–Crippen MR) is 98.2 cm³/mol. The van der Waals surface area contributed by atoms with Gasteiger partial charge in [-0.1, -0.05) is 6.07 Å². The number of nitrogens with one attached hydrogen (secondary N) is 1. The normalized spacial score (nSPS) is 12.5. The van der Waals surface area contributed by atoms with Gasteiger partial charge in [0.15, 0.2) is 10.9 Å². The van der Waals surface area contributed by atoms with Gasteiger partial charge in [0.1, 0.15) is 0 Å². The van der Waals surface area contributed by atoms with E-state index in [1.165, 1.54) is 33.2 Å². The lowest BCUT2D eigenvalue weighted by Gasteiger charge is -2.10. The molecule has 1 aliphatic carbocycles. The predicted octanol–water partition coefficient (Wildman–Crippen LogP) is 3.31. The molecule has 3 aromatic heterocycles. The third-order valence-corrected chi connectivity index (χ3v) is 6.17. The van der Waals surface area contributed by atoms with E-state index in [-0.39, 0.29) is 24.5 Å². The minimum atomic E-state index is -0.178. The van der Waals surface area contributed by atoms with E-state index in [9.17, 15) is 9.59 Å². The highest BCUT2D eigenvalue weighted by molar-refractivity contribution is 7.16. The number of anilines is 1. The quantitative estimate of drug-likeness (QED) is 0.697. The first-order valence-corrected chi connectivity index (χ1v) is 9.69. The molecule has 0 radical (unpaired) electrons. The summed E-state index contributed by atoms with van der Waals surface area (Å²) < 4.78 is 1.88. The van der Waals surface area contributed by atoms with Crippen LogP contribution in [0.15, 0.2) is 23.7 Å². The number of rotatable bonds is 5. The lowest BCUT2D eigenvalue weighted by molar-refractivity contribution is -0.116. The van der Waals surface area contributed by atoms with E-state index >= 15 is 0 Å². The molecule has 1 N–H and O–H groups in total. The molecule has 0 unspecified atom stereocenters. The second kappa shape index (κ2) is 6.53. The number of hydrogen-bond donors (Lipinski definition) is 1. The Labute approximate surface area is 152 Å². The maximum absolute atomic E-state index is 12.1. The fraction of sp³-hybridized carbons (Fsp3) is 0.294. The van der Waals surface area contributed by atoms with Crippen molar-refractivity contribution in [3.05, 3.63) is 39.2 Å². The first-order chi connectivity index (χ1) is 12.1. The maximum Gasteiger partial charge on any atom is 0.226 e. The summed E-state index contributed by atoms with van der Waals surface area (Å²) in [7, 11) is 1.93. The molecular formula is C17H16N4O2S2. The number of aromatic nitrogens is 3. The maximum atomic E-state index is 12.1. The number of thiazole rings is 1. The number of carbonyl (C=O) groups excluding carboxylic acids is 2.